The third-order valence-corrected chi connectivity index (χ3v) is 4.44. The van der Waals surface area contributed by atoms with Gasteiger partial charge in [0.25, 0.3) is 0 Å². The molecule has 3 atom stereocenters. The predicted octanol–water partition coefficient (Wildman–Crippen LogP) is 1.57. The molecule has 0 aromatic carbocycles. The number of thioether (sulfide) groups is 1. The number of likely N-dealkylation sites (N-methyl/N-ethyl adjacent to an activating group) is 1. The van der Waals surface area contributed by atoms with Gasteiger partial charge in [0.15, 0.2) is 0 Å². The zero-order valence-corrected chi connectivity index (χ0v) is 11.6. The van der Waals surface area contributed by atoms with Crippen molar-refractivity contribution in [2.75, 3.05) is 31.7 Å². The van der Waals surface area contributed by atoms with Gasteiger partial charge < -0.3 is 10.5 Å². The van der Waals surface area contributed by atoms with Crippen molar-refractivity contribution in [1.29, 1.82) is 0 Å². The van der Waals surface area contributed by atoms with Crippen LogP contribution in [0.15, 0.2) is 0 Å². The highest BCUT2D eigenvalue weighted by molar-refractivity contribution is 7.99. The number of hydrogen-bond acceptors (Lipinski definition) is 4. The summed E-state index contributed by atoms with van der Waals surface area (Å²) in [4.78, 5) is 2.44. The Kier molecular flexibility index (Phi) is 6.73. The fourth-order valence-electron chi connectivity index (χ4n) is 2.38. The van der Waals surface area contributed by atoms with Gasteiger partial charge in [-0.3, -0.25) is 4.90 Å². The van der Waals surface area contributed by atoms with E-state index in [1.807, 2.05) is 11.8 Å². The molecule has 16 heavy (non-hydrogen) atoms. The zero-order chi connectivity index (χ0) is 12.0. The van der Waals surface area contributed by atoms with Gasteiger partial charge in [-0.2, -0.15) is 11.8 Å². The van der Waals surface area contributed by atoms with Crippen LogP contribution in [-0.4, -0.2) is 54.8 Å². The minimum Gasteiger partial charge on any atom is -0.377 e. The maximum atomic E-state index is 5.88. The zero-order valence-electron chi connectivity index (χ0n) is 10.8. The quantitative estimate of drug-likeness (QED) is 0.692. The largest absolute Gasteiger partial charge is 0.377 e. The minimum absolute atomic E-state index is 0.359. The van der Waals surface area contributed by atoms with E-state index < -0.39 is 0 Å². The number of hydrogen-bond donors (Lipinski definition) is 1. The summed E-state index contributed by atoms with van der Waals surface area (Å²) in [5, 5.41) is 0. The monoisotopic (exact) mass is 246 g/mol. The summed E-state index contributed by atoms with van der Waals surface area (Å²) in [7, 11) is 2.20. The van der Waals surface area contributed by atoms with Gasteiger partial charge in [0.2, 0.25) is 0 Å². The lowest BCUT2D eigenvalue weighted by Crippen LogP contribution is -2.47. The van der Waals surface area contributed by atoms with Crippen molar-refractivity contribution in [1.82, 2.24) is 4.90 Å². The Hall–Kier alpha value is 0.230. The number of nitrogens with two attached hydrogens (primary N) is 1. The fourth-order valence-corrected chi connectivity index (χ4v) is 3.10. The molecule has 0 bridgehead atoms. The van der Waals surface area contributed by atoms with Crippen LogP contribution in [0.1, 0.15) is 26.7 Å². The van der Waals surface area contributed by atoms with Crippen LogP contribution in [-0.2, 0) is 4.74 Å². The molecule has 1 aliphatic heterocycles. The first kappa shape index (κ1) is 14.3. The first-order chi connectivity index (χ1) is 7.70. The Labute approximate surface area is 104 Å². The predicted molar refractivity (Wildman–Crippen MR) is 72.0 cm³/mol. The summed E-state index contributed by atoms with van der Waals surface area (Å²) in [6, 6.07) is 1.06. The smallest absolute Gasteiger partial charge is 0.0703 e. The molecular formula is C12H26N2OS. The van der Waals surface area contributed by atoms with Crippen LogP contribution in [0, 0.1) is 0 Å². The van der Waals surface area contributed by atoms with E-state index in [-0.39, 0.29) is 0 Å². The van der Waals surface area contributed by atoms with Crippen molar-refractivity contribution in [3.8, 4) is 0 Å². The van der Waals surface area contributed by atoms with Crippen molar-refractivity contribution in [3.63, 3.8) is 0 Å². The Balaban J connectivity index is 2.38. The van der Waals surface area contributed by atoms with Gasteiger partial charge in [-0.15, -0.1) is 0 Å². The Bertz CT molecular complexity index is 192. The summed E-state index contributed by atoms with van der Waals surface area (Å²) in [5.74, 6) is 2.41. The van der Waals surface area contributed by atoms with E-state index in [2.05, 4.69) is 25.8 Å². The standard InChI is InChI=1S/C12H26N2OS/c1-4-16-8-6-11(9-13)14(3)12-5-7-15-10(12)2/h10-12H,4-9,13H2,1-3H3. The summed E-state index contributed by atoms with van der Waals surface area (Å²) in [6.45, 7) is 6.03. The molecule has 1 fully saturated rings. The highest BCUT2D eigenvalue weighted by Gasteiger charge is 2.30. The third-order valence-electron chi connectivity index (χ3n) is 3.51. The first-order valence-electron chi connectivity index (χ1n) is 6.32. The summed E-state index contributed by atoms with van der Waals surface area (Å²) >= 11 is 2.00. The van der Waals surface area contributed by atoms with Crippen LogP contribution in [0.5, 0.6) is 0 Å². The van der Waals surface area contributed by atoms with Crippen molar-refractivity contribution < 1.29 is 4.74 Å². The molecule has 0 saturated carbocycles. The lowest BCUT2D eigenvalue weighted by Gasteiger charge is -2.33. The molecule has 0 aromatic rings. The van der Waals surface area contributed by atoms with Crippen LogP contribution >= 0.6 is 11.8 Å². The second kappa shape index (κ2) is 7.54. The van der Waals surface area contributed by atoms with Gasteiger partial charge >= 0.3 is 0 Å². The second-order valence-corrected chi connectivity index (χ2v) is 5.87. The van der Waals surface area contributed by atoms with Gasteiger partial charge in [-0.05, 0) is 38.3 Å². The van der Waals surface area contributed by atoms with Crippen molar-refractivity contribution in [3.05, 3.63) is 0 Å². The van der Waals surface area contributed by atoms with Gasteiger partial charge in [-0.1, -0.05) is 6.92 Å². The third kappa shape index (κ3) is 3.91. The number of nitrogens with zero attached hydrogens (tertiary/aromatic N) is 1. The van der Waals surface area contributed by atoms with Gasteiger partial charge in [-0.25, -0.2) is 0 Å². The molecule has 3 unspecified atom stereocenters. The van der Waals surface area contributed by atoms with Crippen LogP contribution in [0.25, 0.3) is 0 Å². The summed E-state index contributed by atoms with van der Waals surface area (Å²) < 4.78 is 5.62. The Morgan fingerprint density at radius 2 is 2.31 bits per heavy atom. The molecule has 96 valence electrons. The molecule has 3 nitrogen and oxygen atoms in total. The van der Waals surface area contributed by atoms with E-state index in [4.69, 9.17) is 10.5 Å². The van der Waals surface area contributed by atoms with Gasteiger partial charge in [0.1, 0.15) is 0 Å². The molecule has 0 spiro atoms. The Morgan fingerprint density at radius 1 is 1.56 bits per heavy atom. The summed E-state index contributed by atoms with van der Waals surface area (Å²) in [5.41, 5.74) is 5.88. The molecule has 0 aromatic heterocycles. The molecule has 1 heterocycles. The van der Waals surface area contributed by atoms with E-state index in [0.717, 1.165) is 19.6 Å². The molecule has 1 rings (SSSR count). The topological polar surface area (TPSA) is 38.5 Å². The van der Waals surface area contributed by atoms with E-state index in [1.165, 1.54) is 17.9 Å². The van der Waals surface area contributed by atoms with E-state index in [9.17, 15) is 0 Å². The van der Waals surface area contributed by atoms with Crippen LogP contribution in [0.2, 0.25) is 0 Å². The molecule has 1 saturated heterocycles. The van der Waals surface area contributed by atoms with E-state index in [0.29, 0.717) is 18.2 Å². The SMILES string of the molecule is CCSCCC(CN)N(C)C1CCOC1C. The summed E-state index contributed by atoms with van der Waals surface area (Å²) in [6.07, 6.45) is 2.70. The molecule has 0 radical (unpaired) electrons. The maximum absolute atomic E-state index is 5.88. The maximum Gasteiger partial charge on any atom is 0.0703 e. The second-order valence-electron chi connectivity index (χ2n) is 4.47. The molecule has 2 N–H and O–H groups in total. The lowest BCUT2D eigenvalue weighted by molar-refractivity contribution is 0.0682. The minimum atomic E-state index is 0.359. The van der Waals surface area contributed by atoms with Crippen molar-refractivity contribution in [2.45, 2.75) is 44.9 Å². The highest BCUT2D eigenvalue weighted by atomic mass is 32.2. The van der Waals surface area contributed by atoms with Crippen molar-refractivity contribution in [2.24, 2.45) is 5.73 Å². The van der Waals surface area contributed by atoms with E-state index >= 15 is 0 Å². The molecular weight excluding hydrogens is 220 g/mol. The van der Waals surface area contributed by atoms with Gasteiger partial charge in [0, 0.05) is 25.2 Å². The van der Waals surface area contributed by atoms with E-state index in [1.54, 1.807) is 0 Å². The molecule has 4 heteroatoms. The van der Waals surface area contributed by atoms with Gasteiger partial charge in [0.05, 0.1) is 6.10 Å². The Morgan fingerprint density at radius 3 is 2.81 bits per heavy atom. The molecule has 0 amide bonds. The highest BCUT2D eigenvalue weighted by Crippen LogP contribution is 2.21. The molecule has 0 aliphatic carbocycles. The average molecular weight is 246 g/mol. The average Bonchev–Trinajstić information content (AvgIpc) is 2.70. The number of ether oxygens (including phenoxy) is 1. The van der Waals surface area contributed by atoms with Crippen molar-refractivity contribution >= 4 is 11.8 Å². The fraction of sp³-hybridized carbons (Fsp3) is 1.00. The van der Waals surface area contributed by atoms with Crippen LogP contribution in [0.3, 0.4) is 0 Å². The van der Waals surface area contributed by atoms with Crippen LogP contribution < -0.4 is 5.73 Å². The molecule has 1 aliphatic rings. The number of rotatable bonds is 7. The normalized spacial score (nSPS) is 27.6. The van der Waals surface area contributed by atoms with Crippen LogP contribution in [0.4, 0.5) is 0 Å². The lowest BCUT2D eigenvalue weighted by atomic mass is 10.1. The first-order valence-corrected chi connectivity index (χ1v) is 7.47.